The third-order valence-electron chi connectivity index (χ3n) is 2.94. The minimum Gasteiger partial charge on any atom is -0.250 e. The third kappa shape index (κ3) is 2.98. The average molecular weight is 333 g/mol. The van der Waals surface area contributed by atoms with Crippen molar-refractivity contribution in [2.75, 3.05) is 0 Å². The lowest BCUT2D eigenvalue weighted by molar-refractivity contribution is 0.628. The van der Waals surface area contributed by atoms with E-state index in [4.69, 9.17) is 23.8 Å². The molecule has 1 N–H and O–H groups in total. The fraction of sp³-hybridized carbons (Fsp3) is 0. The molecule has 4 nitrogen and oxygen atoms in total. The number of hydrogen-bond acceptors (Lipinski definition) is 3. The van der Waals surface area contributed by atoms with Crippen molar-refractivity contribution < 1.29 is 4.39 Å². The Hall–Kier alpha value is -2.31. The molecule has 0 fully saturated rings. The van der Waals surface area contributed by atoms with Gasteiger partial charge in [0.1, 0.15) is 5.82 Å². The van der Waals surface area contributed by atoms with E-state index in [2.05, 4.69) is 15.3 Å². The number of nitrogens with one attached hydrogen (secondary N) is 1. The zero-order chi connectivity index (χ0) is 15.5. The molecule has 0 aliphatic carbocycles. The van der Waals surface area contributed by atoms with Gasteiger partial charge >= 0.3 is 0 Å². The molecule has 0 spiro atoms. The Morgan fingerprint density at radius 3 is 2.82 bits per heavy atom. The van der Waals surface area contributed by atoms with E-state index in [9.17, 15) is 4.39 Å². The van der Waals surface area contributed by atoms with Gasteiger partial charge in [0, 0.05) is 5.02 Å². The summed E-state index contributed by atoms with van der Waals surface area (Å²) in [5.41, 5.74) is 1.12. The molecule has 7 heteroatoms. The van der Waals surface area contributed by atoms with E-state index >= 15 is 0 Å². The first-order valence-corrected chi connectivity index (χ1v) is 7.16. The molecular formula is C15H10ClFN4S. The van der Waals surface area contributed by atoms with Crippen LogP contribution in [0.25, 0.3) is 11.4 Å². The summed E-state index contributed by atoms with van der Waals surface area (Å²) < 4.78 is 15.6. The Morgan fingerprint density at radius 1 is 1.23 bits per heavy atom. The lowest BCUT2D eigenvalue weighted by Crippen LogP contribution is -1.96. The fourth-order valence-corrected chi connectivity index (χ4v) is 2.30. The van der Waals surface area contributed by atoms with Crippen LogP contribution in [0.15, 0.2) is 53.6 Å². The Labute approximate surface area is 135 Å². The zero-order valence-corrected chi connectivity index (χ0v) is 12.8. The standard InChI is InChI=1S/C15H10ClFN4S/c16-11-5-3-4-10(8-11)9-18-21-14(19-20-15(21)22)12-6-1-2-7-13(12)17/h1-9H,(H,20,22)/b18-9-. The second-order valence-electron chi connectivity index (χ2n) is 4.44. The molecule has 0 atom stereocenters. The van der Waals surface area contributed by atoms with Gasteiger partial charge < -0.3 is 0 Å². The second kappa shape index (κ2) is 6.21. The molecule has 0 radical (unpaired) electrons. The Balaban J connectivity index is 2.04. The predicted molar refractivity (Wildman–Crippen MR) is 87.2 cm³/mol. The van der Waals surface area contributed by atoms with Crippen molar-refractivity contribution >= 4 is 30.0 Å². The lowest BCUT2D eigenvalue weighted by atomic mass is 10.2. The molecule has 3 aromatic rings. The highest BCUT2D eigenvalue weighted by Crippen LogP contribution is 2.20. The average Bonchev–Trinajstić information content (AvgIpc) is 2.87. The van der Waals surface area contributed by atoms with E-state index in [1.807, 2.05) is 12.1 Å². The summed E-state index contributed by atoms with van der Waals surface area (Å²) in [6.45, 7) is 0. The van der Waals surface area contributed by atoms with Gasteiger partial charge in [-0.15, -0.1) is 0 Å². The number of nitrogens with zero attached hydrogens (tertiary/aromatic N) is 3. The van der Waals surface area contributed by atoms with E-state index in [1.165, 1.54) is 10.7 Å². The molecule has 110 valence electrons. The molecule has 3 rings (SSSR count). The van der Waals surface area contributed by atoms with Crippen LogP contribution in [-0.4, -0.2) is 21.1 Å². The topological polar surface area (TPSA) is 46.0 Å². The first-order valence-electron chi connectivity index (χ1n) is 6.37. The summed E-state index contributed by atoms with van der Waals surface area (Å²) in [5.74, 6) is -0.0860. The van der Waals surface area contributed by atoms with Crippen molar-refractivity contribution in [2.24, 2.45) is 5.10 Å². The van der Waals surface area contributed by atoms with Crippen LogP contribution in [0.3, 0.4) is 0 Å². The molecule has 0 saturated carbocycles. The number of rotatable bonds is 3. The SMILES string of the molecule is Fc1ccccc1-c1n[nH]c(=S)n1/N=C\c1cccc(Cl)c1. The van der Waals surface area contributed by atoms with Gasteiger partial charge in [-0.25, -0.2) is 9.49 Å². The fourth-order valence-electron chi connectivity index (χ4n) is 1.93. The number of H-pyrrole nitrogens is 1. The van der Waals surface area contributed by atoms with E-state index in [0.717, 1.165) is 5.56 Å². The van der Waals surface area contributed by atoms with Crippen LogP contribution < -0.4 is 0 Å². The van der Waals surface area contributed by atoms with Crippen molar-refractivity contribution in [1.29, 1.82) is 0 Å². The molecule has 0 aliphatic heterocycles. The van der Waals surface area contributed by atoms with Crippen LogP contribution in [0, 0.1) is 10.6 Å². The summed E-state index contributed by atoms with van der Waals surface area (Å²) in [6.07, 6.45) is 1.58. The quantitative estimate of drug-likeness (QED) is 0.574. The van der Waals surface area contributed by atoms with Crippen LogP contribution in [0.2, 0.25) is 5.02 Å². The zero-order valence-electron chi connectivity index (χ0n) is 11.2. The number of halogens is 2. The second-order valence-corrected chi connectivity index (χ2v) is 5.27. The first kappa shape index (κ1) is 14.6. The smallest absolute Gasteiger partial charge is 0.216 e. The molecule has 0 bridgehead atoms. The molecule has 1 heterocycles. The van der Waals surface area contributed by atoms with E-state index in [-0.39, 0.29) is 4.77 Å². The summed E-state index contributed by atoms with van der Waals surface area (Å²) in [7, 11) is 0. The van der Waals surface area contributed by atoms with Gasteiger partial charge in [-0.05, 0) is 42.0 Å². The highest BCUT2D eigenvalue weighted by atomic mass is 35.5. The van der Waals surface area contributed by atoms with E-state index < -0.39 is 5.82 Å². The number of aromatic nitrogens is 3. The number of benzene rings is 2. The highest BCUT2D eigenvalue weighted by molar-refractivity contribution is 7.71. The highest BCUT2D eigenvalue weighted by Gasteiger charge is 2.12. The summed E-state index contributed by atoms with van der Waals surface area (Å²) in [6, 6.07) is 13.5. The maximum Gasteiger partial charge on any atom is 0.216 e. The van der Waals surface area contributed by atoms with Gasteiger partial charge in [0.15, 0.2) is 5.82 Å². The monoisotopic (exact) mass is 332 g/mol. The van der Waals surface area contributed by atoms with Crippen molar-refractivity contribution in [3.05, 3.63) is 69.7 Å². The summed E-state index contributed by atoms with van der Waals surface area (Å²) >= 11 is 11.1. The lowest BCUT2D eigenvalue weighted by Gasteiger charge is -2.02. The van der Waals surface area contributed by atoms with Crippen LogP contribution >= 0.6 is 23.8 Å². The van der Waals surface area contributed by atoms with Gasteiger partial charge in [0.2, 0.25) is 4.77 Å². The Bertz CT molecular complexity index is 900. The molecule has 0 unspecified atom stereocenters. The predicted octanol–water partition coefficient (Wildman–Crippen LogP) is 4.28. The van der Waals surface area contributed by atoms with Gasteiger partial charge in [0.25, 0.3) is 0 Å². The maximum atomic E-state index is 13.9. The normalized spacial score (nSPS) is 11.2. The van der Waals surface area contributed by atoms with Crippen LogP contribution in [0.1, 0.15) is 5.56 Å². The summed E-state index contributed by atoms with van der Waals surface area (Å²) in [5, 5.41) is 11.5. The van der Waals surface area contributed by atoms with Crippen LogP contribution in [0.5, 0.6) is 0 Å². The van der Waals surface area contributed by atoms with Crippen LogP contribution in [-0.2, 0) is 0 Å². The van der Waals surface area contributed by atoms with Gasteiger partial charge in [-0.3, -0.25) is 0 Å². The minimum atomic E-state index is -0.393. The third-order valence-corrected chi connectivity index (χ3v) is 3.44. The van der Waals surface area contributed by atoms with Gasteiger partial charge in [-0.2, -0.15) is 14.9 Å². The largest absolute Gasteiger partial charge is 0.250 e. The Kier molecular flexibility index (Phi) is 4.13. The molecular weight excluding hydrogens is 323 g/mol. The molecule has 2 aromatic carbocycles. The molecule has 22 heavy (non-hydrogen) atoms. The molecule has 1 aromatic heterocycles. The Morgan fingerprint density at radius 2 is 2.05 bits per heavy atom. The first-order chi connectivity index (χ1) is 10.6. The van der Waals surface area contributed by atoms with E-state index in [0.29, 0.717) is 16.4 Å². The van der Waals surface area contributed by atoms with Crippen molar-refractivity contribution in [2.45, 2.75) is 0 Å². The molecule has 0 amide bonds. The van der Waals surface area contributed by atoms with Crippen molar-refractivity contribution in [3.63, 3.8) is 0 Å². The minimum absolute atomic E-state index is 0.275. The van der Waals surface area contributed by atoms with Crippen molar-refractivity contribution in [1.82, 2.24) is 14.9 Å². The van der Waals surface area contributed by atoms with Gasteiger partial charge in [-0.1, -0.05) is 35.9 Å². The molecule has 0 saturated heterocycles. The molecule has 0 aliphatic rings. The number of aromatic amines is 1. The maximum absolute atomic E-state index is 13.9. The summed E-state index contributed by atoms with van der Waals surface area (Å²) in [4.78, 5) is 0. The van der Waals surface area contributed by atoms with Crippen LogP contribution in [0.4, 0.5) is 4.39 Å². The van der Waals surface area contributed by atoms with Crippen molar-refractivity contribution in [3.8, 4) is 11.4 Å². The van der Waals surface area contributed by atoms with E-state index in [1.54, 1.807) is 36.5 Å². The number of hydrogen-bond donors (Lipinski definition) is 1. The van der Waals surface area contributed by atoms with Gasteiger partial charge in [0.05, 0.1) is 11.8 Å².